The van der Waals surface area contributed by atoms with Crippen LogP contribution in [-0.2, 0) is 11.3 Å². The van der Waals surface area contributed by atoms with Crippen LogP contribution in [0.1, 0.15) is 30.5 Å². The molecule has 0 aliphatic rings. The number of carboxylic acid groups (broad SMARTS) is 1. The van der Waals surface area contributed by atoms with Crippen LogP contribution in [0.3, 0.4) is 0 Å². The van der Waals surface area contributed by atoms with Crippen LogP contribution in [0.25, 0.3) is 0 Å². The smallest absolute Gasteiger partial charge is 0.328 e. The molecule has 0 aromatic heterocycles. The second kappa shape index (κ2) is 5.73. The van der Waals surface area contributed by atoms with E-state index >= 15 is 0 Å². The average molecular weight is 264 g/mol. The summed E-state index contributed by atoms with van der Waals surface area (Å²) < 4.78 is 0. The minimum absolute atomic E-state index is 0.364. The maximum Gasteiger partial charge on any atom is 0.328 e. The van der Waals surface area contributed by atoms with Crippen molar-refractivity contribution >= 4 is 12.0 Å². The van der Waals surface area contributed by atoms with Gasteiger partial charge in [0.15, 0.2) is 0 Å². The number of amides is 2. The van der Waals surface area contributed by atoms with E-state index in [1.807, 2.05) is 32.0 Å². The molecule has 0 spiro atoms. The molecule has 0 saturated carbocycles. The molecule has 1 aromatic rings. The predicted molar refractivity (Wildman–Crippen MR) is 73.0 cm³/mol. The predicted octanol–water partition coefficient (Wildman–Crippen LogP) is 1.97. The Morgan fingerprint density at radius 2 is 1.84 bits per heavy atom. The first-order chi connectivity index (χ1) is 8.72. The highest BCUT2D eigenvalue weighted by atomic mass is 16.4. The zero-order valence-electron chi connectivity index (χ0n) is 11.7. The summed E-state index contributed by atoms with van der Waals surface area (Å²) in [6.45, 7) is 7.26. The second-order valence-electron chi connectivity index (χ2n) is 5.16. The summed E-state index contributed by atoms with van der Waals surface area (Å²) in [5.41, 5.74) is 2.05. The van der Waals surface area contributed by atoms with E-state index < -0.39 is 17.5 Å². The van der Waals surface area contributed by atoms with Crippen LogP contribution in [0.15, 0.2) is 18.2 Å². The van der Waals surface area contributed by atoms with Gasteiger partial charge in [-0.1, -0.05) is 18.2 Å². The summed E-state index contributed by atoms with van der Waals surface area (Å²) in [6, 6.07) is 5.43. The molecule has 0 unspecified atom stereocenters. The summed E-state index contributed by atoms with van der Waals surface area (Å²) in [6.07, 6.45) is 0. The summed E-state index contributed by atoms with van der Waals surface area (Å²) in [4.78, 5) is 22.5. The summed E-state index contributed by atoms with van der Waals surface area (Å²) in [5, 5.41) is 13.9. The quantitative estimate of drug-likeness (QED) is 0.778. The zero-order valence-corrected chi connectivity index (χ0v) is 11.7. The maximum atomic E-state index is 11.6. The number of aryl methyl sites for hydroxylation is 2. The Hall–Kier alpha value is -2.04. The fourth-order valence-electron chi connectivity index (χ4n) is 1.48. The lowest BCUT2D eigenvalue weighted by molar-refractivity contribution is -0.142. The van der Waals surface area contributed by atoms with Gasteiger partial charge in [0.1, 0.15) is 5.54 Å². The van der Waals surface area contributed by atoms with Gasteiger partial charge in [0.25, 0.3) is 0 Å². The number of carbonyl (C=O) groups excluding carboxylic acids is 1. The van der Waals surface area contributed by atoms with Crippen LogP contribution in [-0.4, -0.2) is 22.6 Å². The van der Waals surface area contributed by atoms with Crippen LogP contribution in [0.4, 0.5) is 4.79 Å². The van der Waals surface area contributed by atoms with E-state index in [0.717, 1.165) is 11.1 Å². The van der Waals surface area contributed by atoms with Gasteiger partial charge in [-0.25, -0.2) is 9.59 Å². The van der Waals surface area contributed by atoms with E-state index in [1.165, 1.54) is 19.4 Å². The Balaban J connectivity index is 2.55. The van der Waals surface area contributed by atoms with E-state index in [0.29, 0.717) is 6.54 Å². The number of rotatable bonds is 4. The third-order valence-corrected chi connectivity index (χ3v) is 2.99. The Morgan fingerprint density at radius 1 is 1.21 bits per heavy atom. The molecule has 0 fully saturated rings. The normalized spacial score (nSPS) is 10.9. The molecule has 0 saturated heterocycles. The first-order valence-corrected chi connectivity index (χ1v) is 6.08. The van der Waals surface area contributed by atoms with Gasteiger partial charge in [0.05, 0.1) is 0 Å². The van der Waals surface area contributed by atoms with Crippen molar-refractivity contribution in [2.75, 3.05) is 0 Å². The molecule has 0 aliphatic carbocycles. The largest absolute Gasteiger partial charge is 0.480 e. The molecule has 1 aromatic carbocycles. The SMILES string of the molecule is Cc1ccc(CNC(=O)NC(C)(C)C(=O)O)cc1C. The highest BCUT2D eigenvalue weighted by Crippen LogP contribution is 2.09. The molecule has 1 rings (SSSR count). The van der Waals surface area contributed by atoms with Crippen molar-refractivity contribution in [2.45, 2.75) is 39.8 Å². The van der Waals surface area contributed by atoms with Crippen molar-refractivity contribution in [1.29, 1.82) is 0 Å². The lowest BCUT2D eigenvalue weighted by Gasteiger charge is -2.21. The number of nitrogens with one attached hydrogen (secondary N) is 2. The van der Waals surface area contributed by atoms with Crippen molar-refractivity contribution < 1.29 is 14.7 Å². The van der Waals surface area contributed by atoms with E-state index in [-0.39, 0.29) is 0 Å². The van der Waals surface area contributed by atoms with Crippen LogP contribution in [0, 0.1) is 13.8 Å². The average Bonchev–Trinajstić information content (AvgIpc) is 2.30. The topological polar surface area (TPSA) is 78.4 Å². The minimum Gasteiger partial charge on any atom is -0.480 e. The number of aliphatic carboxylic acids is 1. The Kier molecular flexibility index (Phi) is 4.53. The highest BCUT2D eigenvalue weighted by molar-refractivity contribution is 5.85. The third kappa shape index (κ3) is 4.28. The molecule has 0 atom stereocenters. The number of hydrogen-bond acceptors (Lipinski definition) is 2. The number of urea groups is 1. The number of carbonyl (C=O) groups is 2. The van der Waals surface area contributed by atoms with Crippen LogP contribution in [0.5, 0.6) is 0 Å². The first-order valence-electron chi connectivity index (χ1n) is 6.08. The maximum absolute atomic E-state index is 11.6. The van der Waals surface area contributed by atoms with Crippen molar-refractivity contribution in [2.24, 2.45) is 0 Å². The Bertz CT molecular complexity index is 495. The lowest BCUT2D eigenvalue weighted by atomic mass is 10.1. The lowest BCUT2D eigenvalue weighted by Crippen LogP contribution is -2.52. The molecule has 19 heavy (non-hydrogen) atoms. The minimum atomic E-state index is -1.28. The number of benzene rings is 1. The molecule has 0 aliphatic heterocycles. The van der Waals surface area contributed by atoms with Gasteiger partial charge in [-0.2, -0.15) is 0 Å². The molecule has 0 bridgehead atoms. The van der Waals surface area contributed by atoms with Gasteiger partial charge < -0.3 is 15.7 Å². The second-order valence-corrected chi connectivity index (χ2v) is 5.16. The fourth-order valence-corrected chi connectivity index (χ4v) is 1.48. The summed E-state index contributed by atoms with van der Waals surface area (Å²) in [5.74, 6) is -1.08. The van der Waals surface area contributed by atoms with Crippen molar-refractivity contribution in [3.63, 3.8) is 0 Å². The van der Waals surface area contributed by atoms with Crippen molar-refractivity contribution in [3.05, 3.63) is 34.9 Å². The van der Waals surface area contributed by atoms with Gasteiger partial charge in [-0.3, -0.25) is 0 Å². The Labute approximate surface area is 113 Å². The molecular weight excluding hydrogens is 244 g/mol. The molecule has 104 valence electrons. The standard InChI is InChI=1S/C14H20N2O3/c1-9-5-6-11(7-10(9)2)8-15-13(19)16-14(3,4)12(17)18/h5-7H,8H2,1-4H3,(H,17,18)(H2,15,16,19). The summed E-state index contributed by atoms with van der Waals surface area (Å²) >= 11 is 0. The number of hydrogen-bond donors (Lipinski definition) is 3. The fraction of sp³-hybridized carbons (Fsp3) is 0.429. The monoisotopic (exact) mass is 264 g/mol. The highest BCUT2D eigenvalue weighted by Gasteiger charge is 2.28. The molecular formula is C14H20N2O3. The summed E-state index contributed by atoms with van der Waals surface area (Å²) in [7, 11) is 0. The molecule has 5 heteroatoms. The van der Waals surface area contributed by atoms with Gasteiger partial charge >= 0.3 is 12.0 Å². The van der Waals surface area contributed by atoms with Crippen LogP contribution >= 0.6 is 0 Å². The molecule has 3 N–H and O–H groups in total. The van der Waals surface area contributed by atoms with Gasteiger partial charge in [0, 0.05) is 6.54 Å². The molecule has 0 heterocycles. The van der Waals surface area contributed by atoms with E-state index in [1.54, 1.807) is 0 Å². The van der Waals surface area contributed by atoms with Gasteiger partial charge in [0.2, 0.25) is 0 Å². The third-order valence-electron chi connectivity index (χ3n) is 2.99. The molecule has 2 amide bonds. The van der Waals surface area contributed by atoms with Gasteiger partial charge in [-0.05, 0) is 44.4 Å². The van der Waals surface area contributed by atoms with Crippen LogP contribution in [0.2, 0.25) is 0 Å². The number of carboxylic acids is 1. The van der Waals surface area contributed by atoms with Crippen molar-refractivity contribution in [1.82, 2.24) is 10.6 Å². The first kappa shape index (κ1) is 15.0. The van der Waals surface area contributed by atoms with Gasteiger partial charge in [-0.15, -0.1) is 0 Å². The van der Waals surface area contributed by atoms with E-state index in [9.17, 15) is 9.59 Å². The molecule has 5 nitrogen and oxygen atoms in total. The van der Waals surface area contributed by atoms with Crippen molar-refractivity contribution in [3.8, 4) is 0 Å². The van der Waals surface area contributed by atoms with E-state index in [4.69, 9.17) is 5.11 Å². The zero-order chi connectivity index (χ0) is 14.6. The van der Waals surface area contributed by atoms with Crippen LogP contribution < -0.4 is 10.6 Å². The molecule has 0 radical (unpaired) electrons. The Morgan fingerprint density at radius 3 is 2.37 bits per heavy atom. The van der Waals surface area contributed by atoms with E-state index in [2.05, 4.69) is 10.6 Å².